The number of rotatable bonds is 6. The van der Waals surface area contributed by atoms with Crippen LogP contribution in [0.5, 0.6) is 0 Å². The molecule has 3 N–H and O–H groups in total. The van der Waals surface area contributed by atoms with E-state index in [9.17, 15) is 13.2 Å². The van der Waals surface area contributed by atoms with E-state index in [2.05, 4.69) is 5.32 Å². The Bertz CT molecular complexity index is 584. The van der Waals surface area contributed by atoms with E-state index in [1.807, 2.05) is 6.92 Å². The van der Waals surface area contributed by atoms with Gasteiger partial charge in [0.1, 0.15) is 0 Å². The topological polar surface area (TPSA) is 98.5 Å². The van der Waals surface area contributed by atoms with Crippen LogP contribution < -0.4 is 10.5 Å². The van der Waals surface area contributed by atoms with Crippen LogP contribution in [0.15, 0.2) is 23.1 Å². The molecule has 0 saturated heterocycles. The number of nitrogens with two attached hydrogens (primary N) is 1. The van der Waals surface area contributed by atoms with Gasteiger partial charge in [0, 0.05) is 18.7 Å². The van der Waals surface area contributed by atoms with Crippen LogP contribution in [0.25, 0.3) is 0 Å². The Hall–Kier alpha value is -1.44. The van der Waals surface area contributed by atoms with Crippen molar-refractivity contribution in [2.75, 3.05) is 13.7 Å². The number of methoxy groups -OCH3 is 1. The summed E-state index contributed by atoms with van der Waals surface area (Å²) in [4.78, 5) is 12.0. The van der Waals surface area contributed by atoms with E-state index in [1.54, 1.807) is 19.1 Å². The van der Waals surface area contributed by atoms with Crippen molar-refractivity contribution in [1.29, 1.82) is 0 Å². The van der Waals surface area contributed by atoms with Gasteiger partial charge >= 0.3 is 0 Å². The highest BCUT2D eigenvalue weighted by molar-refractivity contribution is 7.89. The van der Waals surface area contributed by atoms with Crippen LogP contribution in [0.2, 0.25) is 0 Å². The van der Waals surface area contributed by atoms with Gasteiger partial charge in [-0.3, -0.25) is 4.79 Å². The first-order valence-corrected chi connectivity index (χ1v) is 7.79. The number of carbonyl (C=O) groups is 1. The lowest BCUT2D eigenvalue weighted by Gasteiger charge is -2.14. The third kappa shape index (κ3) is 4.29. The highest BCUT2D eigenvalue weighted by Gasteiger charge is 2.17. The SMILES string of the molecule is CCc1ccc(C(=O)NC(C)COC)cc1S(N)(=O)=O. The van der Waals surface area contributed by atoms with Gasteiger partial charge in [0.15, 0.2) is 0 Å². The van der Waals surface area contributed by atoms with Gasteiger partial charge in [-0.15, -0.1) is 0 Å². The van der Waals surface area contributed by atoms with Crippen LogP contribution in [-0.4, -0.2) is 34.1 Å². The van der Waals surface area contributed by atoms with Gasteiger partial charge in [-0.05, 0) is 31.0 Å². The maximum atomic E-state index is 12.0. The molecule has 1 aromatic carbocycles. The van der Waals surface area contributed by atoms with Crippen molar-refractivity contribution in [3.05, 3.63) is 29.3 Å². The fourth-order valence-corrected chi connectivity index (χ4v) is 2.72. The number of amides is 1. The molecular formula is C13H20N2O4S. The van der Waals surface area contributed by atoms with E-state index >= 15 is 0 Å². The minimum absolute atomic E-state index is 0.00737. The lowest BCUT2D eigenvalue weighted by atomic mass is 10.1. The zero-order chi connectivity index (χ0) is 15.3. The van der Waals surface area contributed by atoms with Gasteiger partial charge in [-0.2, -0.15) is 0 Å². The van der Waals surface area contributed by atoms with Crippen LogP contribution in [0, 0.1) is 0 Å². The second-order valence-corrected chi connectivity index (χ2v) is 6.08. The van der Waals surface area contributed by atoms with Crippen LogP contribution in [-0.2, 0) is 21.2 Å². The van der Waals surface area contributed by atoms with Gasteiger partial charge in [0.05, 0.1) is 11.5 Å². The Labute approximate surface area is 119 Å². The second-order valence-electron chi connectivity index (χ2n) is 4.55. The van der Waals surface area contributed by atoms with Crippen LogP contribution in [0.4, 0.5) is 0 Å². The summed E-state index contributed by atoms with van der Waals surface area (Å²) in [6.45, 7) is 3.99. The molecule has 0 bridgehead atoms. The minimum Gasteiger partial charge on any atom is -0.383 e. The van der Waals surface area contributed by atoms with Crippen molar-refractivity contribution >= 4 is 15.9 Å². The molecule has 1 amide bonds. The Morgan fingerprint density at radius 1 is 1.45 bits per heavy atom. The Balaban J connectivity index is 3.06. The zero-order valence-electron chi connectivity index (χ0n) is 11.8. The molecule has 0 saturated carbocycles. The average molecular weight is 300 g/mol. The quantitative estimate of drug-likeness (QED) is 0.806. The van der Waals surface area contributed by atoms with Crippen LogP contribution in [0.3, 0.4) is 0 Å². The summed E-state index contributed by atoms with van der Waals surface area (Å²) in [5, 5.41) is 7.89. The van der Waals surface area contributed by atoms with Crippen LogP contribution in [0.1, 0.15) is 29.8 Å². The second kappa shape index (κ2) is 6.83. The Kier molecular flexibility index (Phi) is 5.67. The maximum Gasteiger partial charge on any atom is 0.251 e. The number of hydrogen-bond donors (Lipinski definition) is 2. The van der Waals surface area contributed by atoms with E-state index in [1.165, 1.54) is 13.2 Å². The van der Waals surface area contributed by atoms with Gasteiger partial charge in [0.2, 0.25) is 10.0 Å². The highest BCUT2D eigenvalue weighted by Crippen LogP contribution is 2.17. The van der Waals surface area contributed by atoms with E-state index < -0.39 is 10.0 Å². The average Bonchev–Trinajstić information content (AvgIpc) is 2.37. The monoisotopic (exact) mass is 300 g/mol. The van der Waals surface area contributed by atoms with E-state index in [4.69, 9.17) is 9.88 Å². The predicted octanol–water partition coefficient (Wildman–Crippen LogP) is 0.661. The van der Waals surface area contributed by atoms with Gasteiger partial charge in [0.25, 0.3) is 5.91 Å². The first kappa shape index (κ1) is 16.6. The Morgan fingerprint density at radius 2 is 2.10 bits per heavy atom. The van der Waals surface area contributed by atoms with E-state index in [-0.39, 0.29) is 22.4 Å². The number of carbonyl (C=O) groups excluding carboxylic acids is 1. The van der Waals surface area contributed by atoms with Crippen molar-refractivity contribution < 1.29 is 17.9 Å². The summed E-state index contributed by atoms with van der Waals surface area (Å²) >= 11 is 0. The van der Waals surface area contributed by atoms with E-state index in [0.29, 0.717) is 18.6 Å². The summed E-state index contributed by atoms with van der Waals surface area (Å²) < 4.78 is 28.0. The molecule has 1 rings (SSSR count). The molecule has 1 unspecified atom stereocenters. The van der Waals surface area contributed by atoms with Crippen molar-refractivity contribution in [3.8, 4) is 0 Å². The van der Waals surface area contributed by atoms with Crippen molar-refractivity contribution in [1.82, 2.24) is 5.32 Å². The summed E-state index contributed by atoms with van der Waals surface area (Å²) in [6, 6.07) is 4.33. The van der Waals surface area contributed by atoms with Crippen molar-refractivity contribution in [3.63, 3.8) is 0 Å². The number of sulfonamides is 1. The summed E-state index contributed by atoms with van der Waals surface area (Å²) in [5.41, 5.74) is 0.850. The number of nitrogens with one attached hydrogen (secondary N) is 1. The first-order valence-electron chi connectivity index (χ1n) is 6.25. The summed E-state index contributed by atoms with van der Waals surface area (Å²) in [7, 11) is -2.31. The third-order valence-electron chi connectivity index (χ3n) is 2.81. The van der Waals surface area contributed by atoms with Gasteiger partial charge < -0.3 is 10.1 Å². The van der Waals surface area contributed by atoms with E-state index in [0.717, 1.165) is 0 Å². The molecule has 0 aromatic heterocycles. The molecule has 0 radical (unpaired) electrons. The molecular weight excluding hydrogens is 280 g/mol. The predicted molar refractivity (Wildman–Crippen MR) is 76.0 cm³/mol. The summed E-state index contributed by atoms with van der Waals surface area (Å²) in [5.74, 6) is -0.359. The first-order chi connectivity index (χ1) is 9.29. The lowest BCUT2D eigenvalue weighted by molar-refractivity contribution is 0.0905. The molecule has 0 aliphatic heterocycles. The largest absolute Gasteiger partial charge is 0.383 e. The molecule has 0 spiro atoms. The molecule has 6 nitrogen and oxygen atoms in total. The lowest BCUT2D eigenvalue weighted by Crippen LogP contribution is -2.35. The molecule has 20 heavy (non-hydrogen) atoms. The molecule has 1 atom stereocenters. The minimum atomic E-state index is -3.84. The van der Waals surface area contributed by atoms with Crippen LogP contribution >= 0.6 is 0 Å². The van der Waals surface area contributed by atoms with Gasteiger partial charge in [-0.1, -0.05) is 13.0 Å². The number of primary sulfonamides is 1. The number of hydrogen-bond acceptors (Lipinski definition) is 4. The fraction of sp³-hybridized carbons (Fsp3) is 0.462. The number of benzene rings is 1. The highest BCUT2D eigenvalue weighted by atomic mass is 32.2. The molecule has 0 aliphatic rings. The van der Waals surface area contributed by atoms with Crippen molar-refractivity contribution in [2.45, 2.75) is 31.2 Å². The maximum absolute atomic E-state index is 12.0. The molecule has 0 aliphatic carbocycles. The number of aryl methyl sites for hydroxylation is 1. The van der Waals surface area contributed by atoms with Gasteiger partial charge in [-0.25, -0.2) is 13.6 Å². The zero-order valence-corrected chi connectivity index (χ0v) is 12.7. The molecule has 7 heteroatoms. The third-order valence-corrected chi connectivity index (χ3v) is 3.80. The molecule has 112 valence electrons. The van der Waals surface area contributed by atoms with Crippen molar-refractivity contribution in [2.24, 2.45) is 5.14 Å². The normalized spacial score (nSPS) is 13.0. The smallest absolute Gasteiger partial charge is 0.251 e. The molecule has 0 heterocycles. The molecule has 0 fully saturated rings. The standard InChI is InChI=1S/C13H20N2O4S/c1-4-10-5-6-11(7-12(10)20(14,17)18)13(16)15-9(2)8-19-3/h5-7,9H,4,8H2,1-3H3,(H,15,16)(H2,14,17,18). The number of ether oxygens (including phenoxy) is 1. The summed E-state index contributed by atoms with van der Waals surface area (Å²) in [6.07, 6.45) is 0.522. The molecule has 1 aromatic rings. The fourth-order valence-electron chi connectivity index (χ4n) is 1.85. The Morgan fingerprint density at radius 3 is 2.60 bits per heavy atom.